The van der Waals surface area contributed by atoms with Crippen molar-refractivity contribution in [2.75, 3.05) is 17.3 Å². The van der Waals surface area contributed by atoms with Gasteiger partial charge < -0.3 is 10.2 Å². The molecule has 2 aromatic heterocycles. The fraction of sp³-hybridized carbons (Fsp3) is 0.143. The van der Waals surface area contributed by atoms with Crippen molar-refractivity contribution in [2.45, 2.75) is 13.5 Å². The first-order valence-electron chi connectivity index (χ1n) is 8.95. The van der Waals surface area contributed by atoms with Gasteiger partial charge in [0, 0.05) is 36.9 Å². The third-order valence-electron chi connectivity index (χ3n) is 4.46. The predicted octanol–water partition coefficient (Wildman–Crippen LogP) is 3.32. The normalized spacial score (nSPS) is 10.8. The maximum Gasteiger partial charge on any atom is 0.295 e. The van der Waals surface area contributed by atoms with Crippen LogP contribution < -0.4 is 10.2 Å². The average Bonchev–Trinajstić information content (AvgIpc) is 3.15. The Morgan fingerprint density at radius 1 is 1.07 bits per heavy atom. The second kappa shape index (κ2) is 7.48. The Hall–Kier alpha value is -3.74. The van der Waals surface area contributed by atoms with Crippen LogP contribution in [0.2, 0.25) is 0 Å². The van der Waals surface area contributed by atoms with Gasteiger partial charge in [-0.25, -0.2) is 9.50 Å². The molecule has 1 N–H and O–H groups in total. The average molecular weight is 372 g/mol. The standard InChI is InChI=1S/C21H20N6O/c1-15-12-13-22-21-24-19(25-27(15)21)20(28)23-17-8-10-18(11-9-17)26(2)14-16-6-4-3-5-7-16/h3-13H,14H2,1-2H3,(H,23,28). The van der Waals surface area contributed by atoms with E-state index in [1.165, 1.54) is 5.56 Å². The SMILES string of the molecule is Cc1ccnc2nc(C(=O)Nc3ccc(N(C)Cc4ccccc4)cc3)nn12. The molecule has 1 amide bonds. The van der Waals surface area contributed by atoms with Crippen LogP contribution in [0.1, 0.15) is 21.9 Å². The molecule has 7 nitrogen and oxygen atoms in total. The molecular formula is C21H20N6O. The molecule has 28 heavy (non-hydrogen) atoms. The van der Waals surface area contributed by atoms with Crippen LogP contribution in [0.4, 0.5) is 11.4 Å². The van der Waals surface area contributed by atoms with Gasteiger partial charge in [-0.15, -0.1) is 5.10 Å². The Labute approximate surface area is 162 Å². The topological polar surface area (TPSA) is 75.4 Å². The maximum atomic E-state index is 12.5. The summed E-state index contributed by atoms with van der Waals surface area (Å²) < 4.78 is 1.55. The van der Waals surface area contributed by atoms with E-state index in [1.807, 2.05) is 62.5 Å². The van der Waals surface area contributed by atoms with Gasteiger partial charge in [-0.2, -0.15) is 4.98 Å². The van der Waals surface area contributed by atoms with Crippen molar-refractivity contribution in [1.82, 2.24) is 19.6 Å². The van der Waals surface area contributed by atoms with Gasteiger partial charge in [-0.1, -0.05) is 30.3 Å². The number of carbonyl (C=O) groups is 1. The van der Waals surface area contributed by atoms with E-state index in [-0.39, 0.29) is 11.7 Å². The number of amides is 1. The number of fused-ring (bicyclic) bond motifs is 1. The Morgan fingerprint density at radius 2 is 1.82 bits per heavy atom. The lowest BCUT2D eigenvalue weighted by molar-refractivity contribution is 0.101. The molecule has 7 heteroatoms. The van der Waals surface area contributed by atoms with Crippen molar-refractivity contribution in [1.29, 1.82) is 0 Å². The van der Waals surface area contributed by atoms with E-state index in [0.717, 1.165) is 17.9 Å². The molecule has 0 atom stereocenters. The van der Waals surface area contributed by atoms with E-state index in [2.05, 4.69) is 37.4 Å². The largest absolute Gasteiger partial charge is 0.370 e. The van der Waals surface area contributed by atoms with E-state index < -0.39 is 0 Å². The molecule has 0 aliphatic heterocycles. The minimum Gasteiger partial charge on any atom is -0.370 e. The summed E-state index contributed by atoms with van der Waals surface area (Å²) in [6, 6.07) is 19.8. The molecule has 0 spiro atoms. The third kappa shape index (κ3) is 3.68. The first-order chi connectivity index (χ1) is 13.6. The van der Waals surface area contributed by atoms with Gasteiger partial charge in [-0.05, 0) is 42.8 Å². The summed E-state index contributed by atoms with van der Waals surface area (Å²) >= 11 is 0. The minimum absolute atomic E-state index is 0.0899. The van der Waals surface area contributed by atoms with Crippen LogP contribution in [0.5, 0.6) is 0 Å². The Morgan fingerprint density at radius 3 is 2.54 bits per heavy atom. The molecule has 0 bridgehead atoms. The molecule has 2 aromatic carbocycles. The molecule has 4 rings (SSSR count). The molecule has 0 saturated carbocycles. The lowest BCUT2D eigenvalue weighted by Gasteiger charge is -2.19. The molecule has 0 unspecified atom stereocenters. The van der Waals surface area contributed by atoms with E-state index in [4.69, 9.17) is 0 Å². The quantitative estimate of drug-likeness (QED) is 0.582. The highest BCUT2D eigenvalue weighted by molar-refractivity contribution is 6.01. The highest BCUT2D eigenvalue weighted by atomic mass is 16.2. The minimum atomic E-state index is -0.365. The van der Waals surface area contributed by atoms with Crippen LogP contribution in [0.15, 0.2) is 66.9 Å². The first-order valence-corrected chi connectivity index (χ1v) is 8.95. The molecule has 0 fully saturated rings. The van der Waals surface area contributed by atoms with Gasteiger partial charge in [0.1, 0.15) is 0 Å². The number of rotatable bonds is 5. The van der Waals surface area contributed by atoms with E-state index in [9.17, 15) is 4.79 Å². The van der Waals surface area contributed by atoms with E-state index in [0.29, 0.717) is 11.5 Å². The molecule has 4 aromatic rings. The summed E-state index contributed by atoms with van der Waals surface area (Å²) in [6.45, 7) is 2.69. The number of aryl methyl sites for hydroxylation is 1. The highest BCUT2D eigenvalue weighted by Gasteiger charge is 2.14. The monoisotopic (exact) mass is 372 g/mol. The zero-order chi connectivity index (χ0) is 19.5. The summed E-state index contributed by atoms with van der Waals surface area (Å²) in [7, 11) is 2.04. The summed E-state index contributed by atoms with van der Waals surface area (Å²) in [5, 5.41) is 7.05. The molecule has 0 saturated heterocycles. The van der Waals surface area contributed by atoms with Crippen LogP contribution in [-0.4, -0.2) is 32.5 Å². The summed E-state index contributed by atoms with van der Waals surface area (Å²) in [4.78, 5) is 22.9. The van der Waals surface area contributed by atoms with Crippen molar-refractivity contribution in [3.8, 4) is 0 Å². The van der Waals surface area contributed by atoms with Gasteiger partial charge >= 0.3 is 0 Å². The predicted molar refractivity (Wildman–Crippen MR) is 108 cm³/mol. The summed E-state index contributed by atoms with van der Waals surface area (Å²) in [6.07, 6.45) is 1.64. The molecular weight excluding hydrogens is 352 g/mol. The summed E-state index contributed by atoms with van der Waals surface area (Å²) in [5.41, 5.74) is 3.85. The second-order valence-corrected chi connectivity index (χ2v) is 6.58. The van der Waals surface area contributed by atoms with Crippen molar-refractivity contribution in [3.63, 3.8) is 0 Å². The number of aromatic nitrogens is 4. The second-order valence-electron chi connectivity index (χ2n) is 6.58. The van der Waals surface area contributed by atoms with Crippen molar-refractivity contribution in [3.05, 3.63) is 83.9 Å². The smallest absolute Gasteiger partial charge is 0.295 e. The third-order valence-corrected chi connectivity index (χ3v) is 4.46. The van der Waals surface area contributed by atoms with E-state index in [1.54, 1.807) is 10.7 Å². The van der Waals surface area contributed by atoms with Gasteiger partial charge in [0.2, 0.25) is 5.82 Å². The molecule has 0 aliphatic carbocycles. The van der Waals surface area contributed by atoms with Crippen LogP contribution in [0.3, 0.4) is 0 Å². The van der Waals surface area contributed by atoms with Crippen LogP contribution in [-0.2, 0) is 6.54 Å². The Bertz CT molecular complexity index is 1100. The molecule has 0 radical (unpaired) electrons. The fourth-order valence-electron chi connectivity index (χ4n) is 2.94. The number of nitrogens with zero attached hydrogens (tertiary/aromatic N) is 5. The lowest BCUT2D eigenvalue weighted by atomic mass is 10.2. The van der Waals surface area contributed by atoms with Crippen LogP contribution >= 0.6 is 0 Å². The maximum absolute atomic E-state index is 12.5. The number of anilines is 2. The number of nitrogens with one attached hydrogen (secondary N) is 1. The molecule has 140 valence electrons. The summed E-state index contributed by atoms with van der Waals surface area (Å²) in [5.74, 6) is 0.130. The molecule has 0 aliphatic rings. The Balaban J connectivity index is 1.44. The molecule has 2 heterocycles. The van der Waals surface area contributed by atoms with Gasteiger partial charge in [0.05, 0.1) is 0 Å². The fourth-order valence-corrected chi connectivity index (χ4v) is 2.94. The number of hydrogen-bond donors (Lipinski definition) is 1. The number of carbonyl (C=O) groups excluding carboxylic acids is 1. The first kappa shape index (κ1) is 17.7. The van der Waals surface area contributed by atoms with Crippen molar-refractivity contribution < 1.29 is 4.79 Å². The zero-order valence-electron chi connectivity index (χ0n) is 15.7. The van der Waals surface area contributed by atoms with Gasteiger partial charge in [0.25, 0.3) is 11.7 Å². The van der Waals surface area contributed by atoms with Gasteiger partial charge in [0.15, 0.2) is 0 Å². The van der Waals surface area contributed by atoms with Crippen molar-refractivity contribution >= 4 is 23.1 Å². The number of hydrogen-bond acceptors (Lipinski definition) is 5. The van der Waals surface area contributed by atoms with Crippen LogP contribution in [0, 0.1) is 6.92 Å². The van der Waals surface area contributed by atoms with Gasteiger partial charge in [-0.3, -0.25) is 4.79 Å². The number of benzene rings is 2. The lowest BCUT2D eigenvalue weighted by Crippen LogP contribution is -2.17. The van der Waals surface area contributed by atoms with E-state index >= 15 is 0 Å². The van der Waals surface area contributed by atoms with Crippen LogP contribution in [0.25, 0.3) is 5.78 Å². The van der Waals surface area contributed by atoms with Crippen molar-refractivity contribution in [2.24, 2.45) is 0 Å². The Kier molecular flexibility index (Phi) is 4.72. The zero-order valence-corrected chi connectivity index (χ0v) is 15.7. The highest BCUT2D eigenvalue weighted by Crippen LogP contribution is 2.19.